The lowest BCUT2D eigenvalue weighted by Gasteiger charge is -2.30. The molecule has 1 aromatic heterocycles. The Bertz CT molecular complexity index is 1870. The van der Waals surface area contributed by atoms with Crippen LogP contribution in [0.4, 0.5) is 0 Å². The fourth-order valence-corrected chi connectivity index (χ4v) is 6.53. The minimum atomic E-state index is -0.729. The van der Waals surface area contributed by atoms with Crippen LogP contribution < -0.4 is 29.1 Å². The van der Waals surface area contributed by atoms with E-state index in [0.717, 1.165) is 21.9 Å². The molecule has 42 heavy (non-hydrogen) atoms. The standard InChI is InChI=1S/C33H35N3O5S/c1-7-35(8-2)32(38)28-20(4)34-33-36(30(28)29-23-13-11-10-12-22(23)15-17-25(29)40-6)31(37)27(42-33)19-21-14-16-24(39-5)26(18-21)41-9-3/h10-19,30H,7-9H2,1-6H3/b27-19+/t30-/m0/s1. The Labute approximate surface area is 248 Å². The van der Waals surface area contributed by atoms with E-state index in [1.54, 1.807) is 23.7 Å². The molecular weight excluding hydrogens is 550 g/mol. The summed E-state index contributed by atoms with van der Waals surface area (Å²) in [5.74, 6) is 1.67. The lowest BCUT2D eigenvalue weighted by Crippen LogP contribution is -2.43. The van der Waals surface area contributed by atoms with Gasteiger partial charge in [0, 0.05) is 18.7 Å². The van der Waals surface area contributed by atoms with E-state index in [0.29, 0.717) is 57.5 Å². The molecule has 4 aromatic rings. The Morgan fingerprint density at radius 2 is 1.71 bits per heavy atom. The van der Waals surface area contributed by atoms with Crippen molar-refractivity contribution in [1.82, 2.24) is 9.47 Å². The number of hydrogen-bond acceptors (Lipinski definition) is 7. The number of benzene rings is 3. The molecule has 0 saturated carbocycles. The molecule has 0 unspecified atom stereocenters. The van der Waals surface area contributed by atoms with Crippen LogP contribution in [-0.2, 0) is 4.79 Å². The number of thiazole rings is 1. The summed E-state index contributed by atoms with van der Waals surface area (Å²) < 4.78 is 19.2. The van der Waals surface area contributed by atoms with Crippen molar-refractivity contribution in [2.24, 2.45) is 4.99 Å². The van der Waals surface area contributed by atoms with E-state index in [2.05, 4.69) is 0 Å². The highest BCUT2D eigenvalue weighted by Gasteiger charge is 2.36. The second-order valence-corrected chi connectivity index (χ2v) is 10.8. The molecule has 5 rings (SSSR count). The Hall–Kier alpha value is -4.37. The van der Waals surface area contributed by atoms with Crippen LogP contribution >= 0.6 is 11.3 Å². The van der Waals surface area contributed by atoms with Gasteiger partial charge in [-0.05, 0) is 68.3 Å². The first-order chi connectivity index (χ1) is 20.4. The summed E-state index contributed by atoms with van der Waals surface area (Å²) in [6.07, 6.45) is 1.83. The predicted octanol–water partition coefficient (Wildman–Crippen LogP) is 4.67. The fraction of sp³-hybridized carbons (Fsp3) is 0.303. The van der Waals surface area contributed by atoms with Gasteiger partial charge in [-0.2, -0.15) is 0 Å². The van der Waals surface area contributed by atoms with E-state index in [1.165, 1.54) is 11.3 Å². The van der Waals surface area contributed by atoms with Gasteiger partial charge in [0.1, 0.15) is 11.8 Å². The summed E-state index contributed by atoms with van der Waals surface area (Å²) in [5, 5.41) is 1.90. The zero-order chi connectivity index (χ0) is 30.0. The van der Waals surface area contributed by atoms with Gasteiger partial charge in [-0.15, -0.1) is 0 Å². The number of hydrogen-bond donors (Lipinski definition) is 0. The smallest absolute Gasteiger partial charge is 0.271 e. The average molecular weight is 586 g/mol. The molecule has 2 heterocycles. The largest absolute Gasteiger partial charge is 0.496 e. The second kappa shape index (κ2) is 12.2. The van der Waals surface area contributed by atoms with E-state index in [-0.39, 0.29) is 11.5 Å². The average Bonchev–Trinajstić information content (AvgIpc) is 3.30. The summed E-state index contributed by atoms with van der Waals surface area (Å²) in [4.78, 5) is 35.5. The third-order valence-corrected chi connectivity index (χ3v) is 8.50. The van der Waals surface area contributed by atoms with E-state index >= 15 is 0 Å². The molecular formula is C33H35N3O5S. The number of carbonyl (C=O) groups excluding carboxylic acids is 1. The Balaban J connectivity index is 1.81. The van der Waals surface area contributed by atoms with Crippen molar-refractivity contribution in [3.8, 4) is 17.2 Å². The Morgan fingerprint density at radius 1 is 1.00 bits per heavy atom. The molecule has 218 valence electrons. The van der Waals surface area contributed by atoms with Crippen LogP contribution in [0.5, 0.6) is 17.2 Å². The van der Waals surface area contributed by atoms with Gasteiger partial charge in [0.05, 0.1) is 36.6 Å². The summed E-state index contributed by atoms with van der Waals surface area (Å²) in [7, 11) is 3.20. The number of nitrogens with zero attached hydrogens (tertiary/aromatic N) is 3. The molecule has 0 fully saturated rings. The quantitative estimate of drug-likeness (QED) is 0.285. The molecule has 0 bridgehead atoms. The molecule has 0 aliphatic carbocycles. The predicted molar refractivity (Wildman–Crippen MR) is 166 cm³/mol. The molecule has 0 radical (unpaired) electrons. The first kappa shape index (κ1) is 29.1. The summed E-state index contributed by atoms with van der Waals surface area (Å²) in [6, 6.07) is 16.7. The lowest BCUT2D eigenvalue weighted by molar-refractivity contribution is -0.127. The van der Waals surface area contributed by atoms with Crippen LogP contribution in [0.2, 0.25) is 0 Å². The van der Waals surface area contributed by atoms with Crippen LogP contribution in [0.15, 0.2) is 75.7 Å². The van der Waals surface area contributed by atoms with E-state index in [4.69, 9.17) is 19.2 Å². The molecule has 1 atom stereocenters. The van der Waals surface area contributed by atoms with E-state index < -0.39 is 6.04 Å². The van der Waals surface area contributed by atoms with Crippen LogP contribution in [0.1, 0.15) is 44.9 Å². The second-order valence-electron chi connectivity index (χ2n) is 9.81. The van der Waals surface area contributed by atoms with Crippen molar-refractivity contribution >= 4 is 34.1 Å². The van der Waals surface area contributed by atoms with Crippen LogP contribution in [0, 0.1) is 0 Å². The zero-order valence-corrected chi connectivity index (χ0v) is 25.6. The molecule has 9 heteroatoms. The molecule has 1 aliphatic rings. The monoisotopic (exact) mass is 585 g/mol. The molecule has 1 amide bonds. The Kier molecular flexibility index (Phi) is 8.49. The fourth-order valence-electron chi connectivity index (χ4n) is 5.49. The topological polar surface area (TPSA) is 82.4 Å². The SMILES string of the molecule is CCOc1cc(/C=c2/sc3n(c2=O)[C@H](c2c(OC)ccc4ccccc24)C(C(=O)N(CC)CC)=C(C)N=3)ccc1OC. The first-order valence-electron chi connectivity index (χ1n) is 14.0. The number of carbonyl (C=O) groups is 1. The maximum atomic E-state index is 14.3. The van der Waals surface area contributed by atoms with Crippen LogP contribution in [0.3, 0.4) is 0 Å². The van der Waals surface area contributed by atoms with Gasteiger partial charge in [0.2, 0.25) is 0 Å². The summed E-state index contributed by atoms with van der Waals surface area (Å²) in [6.45, 7) is 9.21. The molecule has 0 spiro atoms. The molecule has 8 nitrogen and oxygen atoms in total. The zero-order valence-electron chi connectivity index (χ0n) is 24.8. The highest BCUT2D eigenvalue weighted by atomic mass is 32.1. The number of ether oxygens (including phenoxy) is 3. The van der Waals surface area contributed by atoms with Gasteiger partial charge in [-0.3, -0.25) is 14.2 Å². The third kappa shape index (κ3) is 5.09. The van der Waals surface area contributed by atoms with Gasteiger partial charge in [-0.25, -0.2) is 4.99 Å². The summed E-state index contributed by atoms with van der Waals surface area (Å²) >= 11 is 1.30. The number of fused-ring (bicyclic) bond motifs is 2. The van der Waals surface area contributed by atoms with Crippen molar-refractivity contribution in [2.75, 3.05) is 33.9 Å². The summed E-state index contributed by atoms with van der Waals surface area (Å²) in [5.41, 5.74) is 2.37. The molecule has 0 saturated heterocycles. The van der Waals surface area contributed by atoms with Gasteiger partial charge in [-0.1, -0.05) is 47.7 Å². The Morgan fingerprint density at radius 3 is 2.40 bits per heavy atom. The van der Waals surface area contributed by atoms with Crippen molar-refractivity contribution in [3.05, 3.63) is 96.7 Å². The van der Waals surface area contributed by atoms with Crippen molar-refractivity contribution < 1.29 is 19.0 Å². The minimum absolute atomic E-state index is 0.146. The molecule has 0 N–H and O–H groups in total. The van der Waals surface area contributed by atoms with Crippen molar-refractivity contribution in [3.63, 3.8) is 0 Å². The maximum Gasteiger partial charge on any atom is 0.271 e. The van der Waals surface area contributed by atoms with Gasteiger partial charge < -0.3 is 19.1 Å². The highest BCUT2D eigenvalue weighted by molar-refractivity contribution is 7.07. The minimum Gasteiger partial charge on any atom is -0.496 e. The molecule has 3 aromatic carbocycles. The lowest BCUT2D eigenvalue weighted by atomic mass is 9.90. The maximum absolute atomic E-state index is 14.3. The normalized spacial score (nSPS) is 14.9. The van der Waals surface area contributed by atoms with E-state index in [9.17, 15) is 9.59 Å². The van der Waals surface area contributed by atoms with Crippen molar-refractivity contribution in [2.45, 2.75) is 33.7 Å². The van der Waals surface area contributed by atoms with Crippen LogP contribution in [0.25, 0.3) is 16.8 Å². The van der Waals surface area contributed by atoms with Gasteiger partial charge in [0.25, 0.3) is 11.5 Å². The number of amides is 1. The van der Waals surface area contributed by atoms with E-state index in [1.807, 2.05) is 88.4 Å². The number of rotatable bonds is 9. The number of aromatic nitrogens is 1. The number of methoxy groups -OCH3 is 2. The van der Waals surface area contributed by atoms with Gasteiger partial charge >= 0.3 is 0 Å². The van der Waals surface area contributed by atoms with Crippen LogP contribution in [-0.4, -0.2) is 49.3 Å². The highest BCUT2D eigenvalue weighted by Crippen LogP contribution is 2.40. The first-order valence-corrected chi connectivity index (χ1v) is 14.9. The van der Waals surface area contributed by atoms with Gasteiger partial charge in [0.15, 0.2) is 16.3 Å². The molecule has 1 aliphatic heterocycles. The number of allylic oxidation sites excluding steroid dienone is 1. The van der Waals surface area contributed by atoms with Crippen molar-refractivity contribution in [1.29, 1.82) is 0 Å². The number of likely N-dealkylation sites (N-methyl/N-ethyl adjacent to an activating group) is 1. The third-order valence-electron chi connectivity index (χ3n) is 7.51.